The molecule has 3 rings (SSSR count). The highest BCUT2D eigenvalue weighted by atomic mass is 32.2. The molecule has 1 saturated heterocycles. The Hall–Kier alpha value is -2.62. The average Bonchev–Trinajstić information content (AvgIpc) is 2.74. The van der Waals surface area contributed by atoms with Crippen LogP contribution in [0, 0.1) is 6.92 Å². The van der Waals surface area contributed by atoms with E-state index >= 15 is 0 Å². The number of methoxy groups -OCH3 is 2. The van der Waals surface area contributed by atoms with Crippen LogP contribution in [-0.2, 0) is 14.8 Å². The second-order valence-electron chi connectivity index (χ2n) is 6.52. The molecule has 0 aromatic heterocycles. The lowest BCUT2D eigenvalue weighted by Gasteiger charge is -2.26. The van der Waals surface area contributed by atoms with Crippen molar-refractivity contribution >= 4 is 21.6 Å². The second kappa shape index (κ2) is 8.81. The van der Waals surface area contributed by atoms with Crippen LogP contribution in [0.2, 0.25) is 0 Å². The van der Waals surface area contributed by atoms with Crippen LogP contribution in [-0.4, -0.2) is 59.2 Å². The number of amides is 1. The first-order valence-corrected chi connectivity index (χ1v) is 10.5. The molecule has 0 radical (unpaired) electrons. The van der Waals surface area contributed by atoms with Crippen LogP contribution in [0.3, 0.4) is 0 Å². The quantitative estimate of drug-likeness (QED) is 0.771. The van der Waals surface area contributed by atoms with E-state index in [1.807, 2.05) is 6.92 Å². The smallest absolute Gasteiger partial charge is 0.255 e. The molecular weight excluding hydrogens is 396 g/mol. The number of aryl methyl sites for hydroxylation is 1. The van der Waals surface area contributed by atoms with Crippen LogP contribution in [0.4, 0.5) is 5.69 Å². The molecule has 0 bridgehead atoms. The van der Waals surface area contributed by atoms with Gasteiger partial charge in [-0.05, 0) is 48.9 Å². The van der Waals surface area contributed by atoms with Crippen molar-refractivity contribution in [2.24, 2.45) is 0 Å². The van der Waals surface area contributed by atoms with Crippen LogP contribution in [0.25, 0.3) is 0 Å². The zero-order valence-corrected chi connectivity index (χ0v) is 17.4. The molecule has 9 heteroatoms. The molecule has 1 fully saturated rings. The lowest BCUT2D eigenvalue weighted by atomic mass is 10.1. The molecule has 29 heavy (non-hydrogen) atoms. The third-order valence-electron chi connectivity index (χ3n) is 4.68. The van der Waals surface area contributed by atoms with Gasteiger partial charge >= 0.3 is 0 Å². The number of hydrogen-bond donors (Lipinski definition) is 1. The molecule has 156 valence electrons. The van der Waals surface area contributed by atoms with Gasteiger partial charge in [0.05, 0.1) is 38.0 Å². The predicted molar refractivity (Wildman–Crippen MR) is 108 cm³/mol. The molecule has 0 saturated carbocycles. The Morgan fingerprint density at radius 3 is 2.31 bits per heavy atom. The van der Waals surface area contributed by atoms with E-state index < -0.39 is 10.0 Å². The number of carbonyl (C=O) groups excluding carboxylic acids is 1. The minimum absolute atomic E-state index is 0.0846. The summed E-state index contributed by atoms with van der Waals surface area (Å²) in [6.45, 7) is 3.14. The number of carbonyl (C=O) groups is 1. The molecule has 1 heterocycles. The molecule has 8 nitrogen and oxygen atoms in total. The van der Waals surface area contributed by atoms with Crippen LogP contribution < -0.4 is 14.8 Å². The van der Waals surface area contributed by atoms with Gasteiger partial charge in [0.15, 0.2) is 0 Å². The Bertz CT molecular complexity index is 1000. The lowest BCUT2D eigenvalue weighted by Crippen LogP contribution is -2.40. The van der Waals surface area contributed by atoms with E-state index in [0.717, 1.165) is 5.56 Å². The van der Waals surface area contributed by atoms with Crippen LogP contribution >= 0.6 is 0 Å². The lowest BCUT2D eigenvalue weighted by molar-refractivity contribution is 0.0730. The van der Waals surface area contributed by atoms with Gasteiger partial charge in [0.1, 0.15) is 11.5 Å². The molecule has 1 aliphatic heterocycles. The topological polar surface area (TPSA) is 94.2 Å². The number of morpholine rings is 1. The van der Waals surface area contributed by atoms with E-state index in [1.165, 1.54) is 29.6 Å². The van der Waals surface area contributed by atoms with Gasteiger partial charge in [-0.25, -0.2) is 8.42 Å². The molecule has 1 N–H and O–H groups in total. The van der Waals surface area contributed by atoms with Crippen LogP contribution in [0.5, 0.6) is 11.5 Å². The zero-order chi connectivity index (χ0) is 21.0. The highest BCUT2D eigenvalue weighted by molar-refractivity contribution is 7.89. The van der Waals surface area contributed by atoms with Crippen LogP contribution in [0.15, 0.2) is 41.3 Å². The summed E-state index contributed by atoms with van der Waals surface area (Å²) in [4.78, 5) is 12.8. The molecule has 1 amide bonds. The third kappa shape index (κ3) is 4.52. The maximum atomic E-state index is 12.9. The summed E-state index contributed by atoms with van der Waals surface area (Å²) in [6, 6.07) is 9.47. The monoisotopic (exact) mass is 420 g/mol. The minimum atomic E-state index is -3.70. The first kappa shape index (κ1) is 21.1. The SMILES string of the molecule is COc1ccc(C(=O)Nc2cc(S(=O)(=O)N3CCOCC3)ccc2OC)cc1C. The average molecular weight is 420 g/mol. The molecular formula is C20H24N2O6S. The molecule has 2 aromatic carbocycles. The fraction of sp³-hybridized carbons (Fsp3) is 0.350. The van der Waals surface area contributed by atoms with Crippen molar-refractivity contribution in [3.63, 3.8) is 0 Å². The number of nitrogens with zero attached hydrogens (tertiary/aromatic N) is 1. The Morgan fingerprint density at radius 2 is 1.69 bits per heavy atom. The van der Waals surface area contributed by atoms with Gasteiger partial charge in [-0.1, -0.05) is 0 Å². The first-order valence-electron chi connectivity index (χ1n) is 9.08. The Morgan fingerprint density at radius 1 is 1.03 bits per heavy atom. The van der Waals surface area contributed by atoms with Gasteiger partial charge in [-0.3, -0.25) is 4.79 Å². The molecule has 0 aliphatic carbocycles. The van der Waals surface area contributed by atoms with E-state index in [2.05, 4.69) is 5.32 Å². The van der Waals surface area contributed by atoms with Crippen molar-refractivity contribution in [3.05, 3.63) is 47.5 Å². The summed E-state index contributed by atoms with van der Waals surface area (Å²) in [7, 11) is -0.676. The maximum absolute atomic E-state index is 12.9. The highest BCUT2D eigenvalue weighted by Gasteiger charge is 2.27. The summed E-state index contributed by atoms with van der Waals surface area (Å²) in [5, 5.41) is 2.75. The number of benzene rings is 2. The fourth-order valence-corrected chi connectivity index (χ4v) is 4.53. The third-order valence-corrected chi connectivity index (χ3v) is 6.58. The van der Waals surface area contributed by atoms with Gasteiger partial charge in [0.2, 0.25) is 10.0 Å². The summed E-state index contributed by atoms with van der Waals surface area (Å²) < 4.78 is 42.9. The van der Waals surface area contributed by atoms with Crippen molar-refractivity contribution in [3.8, 4) is 11.5 Å². The molecule has 2 aromatic rings. The van der Waals surface area contributed by atoms with Crippen molar-refractivity contribution in [2.45, 2.75) is 11.8 Å². The van der Waals surface area contributed by atoms with E-state index in [9.17, 15) is 13.2 Å². The number of rotatable bonds is 6. The van der Waals surface area contributed by atoms with E-state index in [0.29, 0.717) is 43.4 Å². The standard InChI is InChI=1S/C20H24N2O6S/c1-14-12-15(4-6-18(14)26-2)20(23)21-17-13-16(5-7-19(17)27-3)29(24,25)22-8-10-28-11-9-22/h4-7,12-13H,8-11H2,1-3H3,(H,21,23). The van der Waals surface area contributed by atoms with Gasteiger partial charge in [0.25, 0.3) is 5.91 Å². The Balaban J connectivity index is 1.89. The van der Waals surface area contributed by atoms with E-state index in [-0.39, 0.29) is 16.5 Å². The van der Waals surface area contributed by atoms with Crippen LogP contribution in [0.1, 0.15) is 15.9 Å². The van der Waals surface area contributed by atoms with Crippen molar-refractivity contribution in [1.29, 1.82) is 0 Å². The Labute approximate surface area is 170 Å². The molecule has 0 atom stereocenters. The molecule has 0 unspecified atom stereocenters. The summed E-state index contributed by atoms with van der Waals surface area (Å²) in [6.07, 6.45) is 0. The first-order chi connectivity index (χ1) is 13.9. The van der Waals surface area contributed by atoms with Gasteiger partial charge < -0.3 is 19.5 Å². The van der Waals surface area contributed by atoms with E-state index in [4.69, 9.17) is 14.2 Å². The fourth-order valence-electron chi connectivity index (χ4n) is 3.10. The number of anilines is 1. The van der Waals surface area contributed by atoms with Crippen molar-refractivity contribution in [2.75, 3.05) is 45.8 Å². The normalized spacial score (nSPS) is 15.0. The second-order valence-corrected chi connectivity index (χ2v) is 8.46. The highest BCUT2D eigenvalue weighted by Crippen LogP contribution is 2.30. The van der Waals surface area contributed by atoms with Gasteiger partial charge in [-0.15, -0.1) is 0 Å². The zero-order valence-electron chi connectivity index (χ0n) is 16.6. The summed E-state index contributed by atoms with van der Waals surface area (Å²) in [5.41, 5.74) is 1.52. The molecule has 1 aliphatic rings. The van der Waals surface area contributed by atoms with Crippen molar-refractivity contribution < 1.29 is 27.4 Å². The molecule has 0 spiro atoms. The van der Waals surface area contributed by atoms with E-state index in [1.54, 1.807) is 25.3 Å². The number of ether oxygens (including phenoxy) is 3. The van der Waals surface area contributed by atoms with Gasteiger partial charge in [-0.2, -0.15) is 4.31 Å². The Kier molecular flexibility index (Phi) is 6.41. The minimum Gasteiger partial charge on any atom is -0.496 e. The number of sulfonamides is 1. The van der Waals surface area contributed by atoms with Crippen molar-refractivity contribution in [1.82, 2.24) is 4.31 Å². The van der Waals surface area contributed by atoms with Gasteiger partial charge in [0, 0.05) is 18.7 Å². The summed E-state index contributed by atoms with van der Waals surface area (Å²) >= 11 is 0. The summed E-state index contributed by atoms with van der Waals surface area (Å²) in [5.74, 6) is 0.664. The number of nitrogens with one attached hydrogen (secondary N) is 1. The predicted octanol–water partition coefficient (Wildman–Crippen LogP) is 2.29. The maximum Gasteiger partial charge on any atom is 0.255 e. The largest absolute Gasteiger partial charge is 0.496 e. The number of hydrogen-bond acceptors (Lipinski definition) is 6.